The Morgan fingerprint density at radius 3 is 3.09 bits per heavy atom. The predicted molar refractivity (Wildman–Crippen MR) is 84.4 cm³/mol. The maximum Gasteiger partial charge on any atom is 0.317 e. The number of rotatable bonds is 6. The molecule has 1 aliphatic heterocycles. The van der Waals surface area contributed by atoms with Gasteiger partial charge in [-0.25, -0.2) is 14.8 Å². The van der Waals surface area contributed by atoms with Crippen molar-refractivity contribution in [3.05, 3.63) is 23.8 Å². The molecule has 0 radical (unpaired) electrons. The van der Waals surface area contributed by atoms with Crippen molar-refractivity contribution >= 4 is 6.03 Å². The van der Waals surface area contributed by atoms with Crippen LogP contribution in [0.15, 0.2) is 12.3 Å². The zero-order valence-electron chi connectivity index (χ0n) is 13.7. The lowest BCUT2D eigenvalue weighted by atomic mass is 10.1. The first-order chi connectivity index (χ1) is 10.5. The van der Waals surface area contributed by atoms with Crippen LogP contribution in [-0.2, 0) is 11.3 Å². The number of urea groups is 1. The highest BCUT2D eigenvalue weighted by Crippen LogP contribution is 2.14. The topological polar surface area (TPSA) is 67.4 Å². The Balaban J connectivity index is 1.70. The quantitative estimate of drug-likeness (QED) is 0.874. The van der Waals surface area contributed by atoms with Crippen LogP contribution < -0.4 is 5.32 Å². The van der Waals surface area contributed by atoms with Crippen LogP contribution in [0.5, 0.6) is 0 Å². The van der Waals surface area contributed by atoms with E-state index in [1.54, 1.807) is 6.20 Å². The third-order valence-electron chi connectivity index (χ3n) is 3.74. The Bertz CT molecular complexity index is 493. The lowest BCUT2D eigenvalue weighted by Crippen LogP contribution is -2.39. The monoisotopic (exact) mass is 306 g/mol. The molecule has 1 saturated heterocycles. The van der Waals surface area contributed by atoms with Crippen LogP contribution in [0.3, 0.4) is 0 Å². The molecule has 1 aromatic rings. The van der Waals surface area contributed by atoms with Crippen LogP contribution in [0.2, 0.25) is 0 Å². The summed E-state index contributed by atoms with van der Waals surface area (Å²) >= 11 is 0. The van der Waals surface area contributed by atoms with E-state index < -0.39 is 0 Å². The van der Waals surface area contributed by atoms with Gasteiger partial charge in [-0.2, -0.15) is 0 Å². The molecule has 1 atom stereocenters. The lowest BCUT2D eigenvalue weighted by molar-refractivity contribution is 0.0542. The minimum Gasteiger partial charge on any atom is -0.376 e. The van der Waals surface area contributed by atoms with Gasteiger partial charge in [-0.05, 0) is 31.7 Å². The summed E-state index contributed by atoms with van der Waals surface area (Å²) in [5.74, 6) is 1.36. The first-order valence-corrected chi connectivity index (χ1v) is 7.97. The largest absolute Gasteiger partial charge is 0.376 e. The molecule has 6 heteroatoms. The van der Waals surface area contributed by atoms with Crippen LogP contribution in [0.25, 0.3) is 0 Å². The highest BCUT2D eigenvalue weighted by molar-refractivity contribution is 5.74. The van der Waals surface area contributed by atoms with E-state index >= 15 is 0 Å². The first-order valence-electron chi connectivity index (χ1n) is 7.97. The van der Waals surface area contributed by atoms with Crippen LogP contribution in [0.1, 0.15) is 38.2 Å². The van der Waals surface area contributed by atoms with E-state index in [0.29, 0.717) is 24.8 Å². The van der Waals surface area contributed by atoms with E-state index in [2.05, 4.69) is 29.1 Å². The zero-order valence-corrected chi connectivity index (χ0v) is 13.7. The fraction of sp³-hybridized carbons (Fsp3) is 0.688. The van der Waals surface area contributed by atoms with E-state index in [1.165, 1.54) is 0 Å². The van der Waals surface area contributed by atoms with Gasteiger partial charge >= 0.3 is 6.03 Å². The zero-order chi connectivity index (χ0) is 15.9. The number of nitrogens with zero attached hydrogens (tertiary/aromatic N) is 3. The number of aryl methyl sites for hydroxylation is 1. The average molecular weight is 306 g/mol. The Labute approximate surface area is 132 Å². The second kappa shape index (κ2) is 8.08. The SMILES string of the molecule is Cc1nccc(CNC(=O)N2CC[C@H](OCCC(C)C)C2)n1. The Morgan fingerprint density at radius 1 is 1.55 bits per heavy atom. The second-order valence-electron chi connectivity index (χ2n) is 6.16. The van der Waals surface area contributed by atoms with Gasteiger partial charge in [0, 0.05) is 25.9 Å². The van der Waals surface area contributed by atoms with Gasteiger partial charge < -0.3 is 15.0 Å². The fourth-order valence-electron chi connectivity index (χ4n) is 2.40. The molecule has 22 heavy (non-hydrogen) atoms. The number of nitrogens with one attached hydrogen (secondary N) is 1. The van der Waals surface area contributed by atoms with E-state index in [1.807, 2.05) is 17.9 Å². The third kappa shape index (κ3) is 5.26. The molecule has 2 amide bonds. The van der Waals surface area contributed by atoms with Gasteiger partial charge in [-0.3, -0.25) is 0 Å². The number of carbonyl (C=O) groups is 1. The molecule has 0 unspecified atom stereocenters. The number of aromatic nitrogens is 2. The number of hydrogen-bond donors (Lipinski definition) is 1. The van der Waals surface area contributed by atoms with Gasteiger partial charge in [0.2, 0.25) is 0 Å². The van der Waals surface area contributed by atoms with Crippen molar-refractivity contribution < 1.29 is 9.53 Å². The molecule has 0 aromatic carbocycles. The maximum absolute atomic E-state index is 12.1. The molecular formula is C16H26N4O2. The summed E-state index contributed by atoms with van der Waals surface area (Å²) in [5.41, 5.74) is 0.824. The average Bonchev–Trinajstić information content (AvgIpc) is 2.93. The summed E-state index contributed by atoms with van der Waals surface area (Å²) in [7, 11) is 0. The van der Waals surface area contributed by atoms with E-state index in [9.17, 15) is 4.79 Å². The first kappa shape index (κ1) is 16.7. The minimum absolute atomic E-state index is 0.0498. The summed E-state index contributed by atoms with van der Waals surface area (Å²) in [5, 5.41) is 2.90. The highest BCUT2D eigenvalue weighted by Gasteiger charge is 2.26. The van der Waals surface area contributed by atoms with Gasteiger partial charge in [-0.1, -0.05) is 13.8 Å². The Morgan fingerprint density at radius 2 is 2.36 bits per heavy atom. The standard InChI is InChI=1S/C16H26N4O2/c1-12(2)6-9-22-15-5-8-20(11-15)16(21)18-10-14-4-7-17-13(3)19-14/h4,7,12,15H,5-6,8-11H2,1-3H3,(H,18,21)/t15-/m0/s1. The molecule has 1 fully saturated rings. The van der Waals surface area contributed by atoms with Gasteiger partial charge in [0.15, 0.2) is 0 Å². The molecule has 0 bridgehead atoms. The molecule has 0 aliphatic carbocycles. The third-order valence-corrected chi connectivity index (χ3v) is 3.74. The molecule has 122 valence electrons. The van der Waals surface area contributed by atoms with Gasteiger partial charge in [0.25, 0.3) is 0 Å². The summed E-state index contributed by atoms with van der Waals surface area (Å²) in [6.45, 7) is 8.84. The molecule has 6 nitrogen and oxygen atoms in total. The second-order valence-corrected chi connectivity index (χ2v) is 6.16. The molecule has 1 aromatic heterocycles. The van der Waals surface area contributed by atoms with Crippen molar-refractivity contribution in [2.75, 3.05) is 19.7 Å². The molecule has 1 aliphatic rings. The summed E-state index contributed by atoms with van der Waals surface area (Å²) in [6, 6.07) is 1.76. The van der Waals surface area contributed by atoms with Crippen molar-refractivity contribution in [3.8, 4) is 0 Å². The number of ether oxygens (including phenoxy) is 1. The molecule has 0 spiro atoms. The van der Waals surface area contributed by atoms with Gasteiger partial charge in [0.1, 0.15) is 5.82 Å². The molecular weight excluding hydrogens is 280 g/mol. The van der Waals surface area contributed by atoms with Crippen LogP contribution in [0, 0.1) is 12.8 Å². The normalized spacial score (nSPS) is 18.0. The molecule has 2 rings (SSSR count). The van der Waals surface area contributed by atoms with Crippen molar-refractivity contribution in [1.82, 2.24) is 20.2 Å². The van der Waals surface area contributed by atoms with Crippen LogP contribution >= 0.6 is 0 Å². The van der Waals surface area contributed by atoms with Gasteiger partial charge in [0.05, 0.1) is 18.3 Å². The van der Waals surface area contributed by atoms with Crippen LogP contribution in [-0.4, -0.2) is 46.7 Å². The van der Waals surface area contributed by atoms with Crippen molar-refractivity contribution in [2.45, 2.75) is 46.3 Å². The smallest absolute Gasteiger partial charge is 0.317 e. The number of hydrogen-bond acceptors (Lipinski definition) is 4. The Hall–Kier alpha value is -1.69. The molecule has 1 N–H and O–H groups in total. The van der Waals surface area contributed by atoms with Crippen molar-refractivity contribution in [2.24, 2.45) is 5.92 Å². The minimum atomic E-state index is -0.0498. The van der Waals surface area contributed by atoms with Crippen LogP contribution in [0.4, 0.5) is 4.79 Å². The van der Waals surface area contributed by atoms with Gasteiger partial charge in [-0.15, -0.1) is 0 Å². The fourth-order valence-corrected chi connectivity index (χ4v) is 2.40. The Kier molecular flexibility index (Phi) is 6.12. The van der Waals surface area contributed by atoms with E-state index in [-0.39, 0.29) is 12.1 Å². The number of amides is 2. The van der Waals surface area contributed by atoms with Crippen molar-refractivity contribution in [1.29, 1.82) is 0 Å². The maximum atomic E-state index is 12.1. The summed E-state index contributed by atoms with van der Waals surface area (Å²) < 4.78 is 5.83. The lowest BCUT2D eigenvalue weighted by Gasteiger charge is -2.17. The molecule has 2 heterocycles. The van der Waals surface area contributed by atoms with Crippen molar-refractivity contribution in [3.63, 3.8) is 0 Å². The van der Waals surface area contributed by atoms with E-state index in [0.717, 1.165) is 31.7 Å². The number of likely N-dealkylation sites (tertiary alicyclic amines) is 1. The summed E-state index contributed by atoms with van der Waals surface area (Å²) in [4.78, 5) is 22.3. The summed E-state index contributed by atoms with van der Waals surface area (Å²) in [6.07, 6.45) is 3.86. The molecule has 0 saturated carbocycles. The van der Waals surface area contributed by atoms with E-state index in [4.69, 9.17) is 4.74 Å². The highest BCUT2D eigenvalue weighted by atomic mass is 16.5. The predicted octanol–water partition coefficient (Wildman–Crippen LogP) is 2.13. The number of carbonyl (C=O) groups excluding carboxylic acids is 1.